The molecule has 1 amide bonds. The standard InChI is InChI=1S/C32H33F8NO6S/c1-3-11-28(12-10-22(26(42)43)18(2)16-28)27(44)41-14-13-29(48(45,46)21-7-5-20(33)6-8-21)23-9-4-19(15-24(23)47-17-25(29)41)30(34,31(35,36)37)32(38,39)40/h4-9,15,18,22,25H,3,10-14,16-17H2,1-2H3,(H,42,43)/t18-,22-,25?,28+,29?/m1/s1. The first-order valence-corrected chi connectivity index (χ1v) is 16.8. The number of likely N-dealkylation sites (tertiary alicyclic amines) is 1. The lowest BCUT2D eigenvalue weighted by molar-refractivity contribution is -0.348. The first kappa shape index (κ1) is 35.9. The molecule has 2 heterocycles. The van der Waals surface area contributed by atoms with Crippen molar-refractivity contribution >= 4 is 21.7 Å². The fourth-order valence-corrected chi connectivity index (χ4v) is 10.3. The van der Waals surface area contributed by atoms with Gasteiger partial charge in [-0.05, 0) is 68.4 Å². The number of hydrogen-bond acceptors (Lipinski definition) is 5. The maximum atomic E-state index is 15.1. The van der Waals surface area contributed by atoms with Gasteiger partial charge in [-0.3, -0.25) is 9.59 Å². The molecule has 1 saturated heterocycles. The van der Waals surface area contributed by atoms with Crippen LogP contribution in [-0.4, -0.2) is 61.8 Å². The molecule has 7 nitrogen and oxygen atoms in total. The maximum Gasteiger partial charge on any atom is 0.435 e. The summed E-state index contributed by atoms with van der Waals surface area (Å²) in [5, 5.41) is 9.66. The summed E-state index contributed by atoms with van der Waals surface area (Å²) < 4.78 is 143. The summed E-state index contributed by atoms with van der Waals surface area (Å²) in [7, 11) is -4.71. The number of hydrogen-bond donors (Lipinski definition) is 1. The van der Waals surface area contributed by atoms with E-state index in [4.69, 9.17) is 4.74 Å². The SMILES string of the molecule is CCC[C@]1(C(=O)N2CCC3(S(=O)(=O)c4ccc(F)cc4)c4ccc(C(F)(C(F)(F)F)C(F)(F)F)cc4OCC23)CC[C@@H](C(=O)O)[C@H](C)C1. The number of carbonyl (C=O) groups excluding carboxylic acids is 1. The number of carboxylic acid groups (broad SMARTS) is 1. The molecule has 2 fully saturated rings. The van der Waals surface area contributed by atoms with Crippen LogP contribution in [0.5, 0.6) is 5.75 Å². The molecule has 2 aromatic rings. The van der Waals surface area contributed by atoms with Gasteiger partial charge in [-0.15, -0.1) is 0 Å². The van der Waals surface area contributed by atoms with Crippen LogP contribution in [0.3, 0.4) is 0 Å². The minimum absolute atomic E-state index is 0.186. The van der Waals surface area contributed by atoms with Gasteiger partial charge in [0.05, 0.1) is 16.9 Å². The van der Waals surface area contributed by atoms with Crippen molar-refractivity contribution in [1.29, 1.82) is 0 Å². The van der Waals surface area contributed by atoms with Crippen LogP contribution in [0.4, 0.5) is 35.1 Å². The van der Waals surface area contributed by atoms with Crippen LogP contribution in [0.25, 0.3) is 0 Å². The van der Waals surface area contributed by atoms with E-state index in [2.05, 4.69) is 0 Å². The number of carbonyl (C=O) groups is 2. The molecule has 2 unspecified atom stereocenters. The molecule has 48 heavy (non-hydrogen) atoms. The van der Waals surface area contributed by atoms with E-state index in [1.54, 1.807) is 6.92 Å². The summed E-state index contributed by atoms with van der Waals surface area (Å²) in [6, 6.07) is 3.34. The highest BCUT2D eigenvalue weighted by molar-refractivity contribution is 7.92. The van der Waals surface area contributed by atoms with E-state index in [9.17, 15) is 53.8 Å². The number of ether oxygens (including phenoxy) is 1. The third kappa shape index (κ3) is 5.23. The molecule has 2 aliphatic heterocycles. The Morgan fingerprint density at radius 2 is 1.62 bits per heavy atom. The van der Waals surface area contributed by atoms with Crippen LogP contribution in [-0.2, 0) is 29.8 Å². The number of sulfone groups is 1. The Bertz CT molecular complexity index is 1680. The lowest BCUT2D eigenvalue weighted by Crippen LogP contribution is -2.58. The lowest BCUT2D eigenvalue weighted by Gasteiger charge is -2.47. The van der Waals surface area contributed by atoms with E-state index in [1.165, 1.54) is 4.90 Å². The zero-order chi connectivity index (χ0) is 35.7. The highest BCUT2D eigenvalue weighted by Gasteiger charge is 2.74. The van der Waals surface area contributed by atoms with Crippen LogP contribution in [0.1, 0.15) is 63.5 Å². The Morgan fingerprint density at radius 3 is 2.17 bits per heavy atom. The van der Waals surface area contributed by atoms with E-state index in [0.717, 1.165) is 24.3 Å². The molecule has 5 atom stereocenters. The Hall–Kier alpha value is -3.43. The fraction of sp³-hybridized carbons (Fsp3) is 0.562. The van der Waals surface area contributed by atoms with Crippen LogP contribution < -0.4 is 4.74 Å². The summed E-state index contributed by atoms with van der Waals surface area (Å²) >= 11 is 0. The second-order valence-corrected chi connectivity index (χ2v) is 15.2. The number of aliphatic carboxylic acids is 1. The van der Waals surface area contributed by atoms with Crippen molar-refractivity contribution in [1.82, 2.24) is 4.90 Å². The minimum Gasteiger partial charge on any atom is -0.491 e. The molecule has 0 aromatic heterocycles. The number of halogens is 8. The second kappa shape index (κ2) is 11.9. The quantitative estimate of drug-likeness (QED) is 0.243. The van der Waals surface area contributed by atoms with Crippen molar-refractivity contribution in [3.05, 3.63) is 59.4 Å². The van der Waals surface area contributed by atoms with E-state index in [-0.39, 0.29) is 49.9 Å². The van der Waals surface area contributed by atoms with Gasteiger partial charge in [-0.1, -0.05) is 32.4 Å². The Kier molecular flexibility index (Phi) is 8.87. The molecule has 0 spiro atoms. The van der Waals surface area contributed by atoms with Crippen LogP contribution in [0.15, 0.2) is 47.4 Å². The molecule has 0 bridgehead atoms. The van der Waals surface area contributed by atoms with Gasteiger partial charge in [0, 0.05) is 23.1 Å². The molecule has 1 aliphatic carbocycles. The number of alkyl halides is 7. The summed E-state index contributed by atoms with van der Waals surface area (Å²) in [4.78, 5) is 27.2. The van der Waals surface area contributed by atoms with Gasteiger partial charge in [-0.25, -0.2) is 17.2 Å². The van der Waals surface area contributed by atoms with Gasteiger partial charge >= 0.3 is 24.0 Å². The maximum absolute atomic E-state index is 15.1. The van der Waals surface area contributed by atoms with Crippen molar-refractivity contribution in [2.45, 2.75) is 86.1 Å². The summed E-state index contributed by atoms with van der Waals surface area (Å²) in [5.41, 5.74) is -9.13. The molecule has 3 aliphatic rings. The highest BCUT2D eigenvalue weighted by Crippen LogP contribution is 2.58. The first-order valence-electron chi connectivity index (χ1n) is 15.3. The van der Waals surface area contributed by atoms with Gasteiger partial charge in [0.15, 0.2) is 9.84 Å². The van der Waals surface area contributed by atoms with Crippen LogP contribution in [0.2, 0.25) is 0 Å². The van der Waals surface area contributed by atoms with Gasteiger partial charge in [0.25, 0.3) is 0 Å². The predicted octanol–water partition coefficient (Wildman–Crippen LogP) is 7.08. The second-order valence-electron chi connectivity index (χ2n) is 13.0. The highest BCUT2D eigenvalue weighted by atomic mass is 32.2. The lowest BCUT2D eigenvalue weighted by atomic mass is 9.63. The average Bonchev–Trinajstić information content (AvgIpc) is 3.40. The van der Waals surface area contributed by atoms with Crippen molar-refractivity contribution in [3.63, 3.8) is 0 Å². The predicted molar refractivity (Wildman–Crippen MR) is 154 cm³/mol. The molecular formula is C32H33F8NO6S. The minimum atomic E-state index is -6.44. The molecule has 1 saturated carbocycles. The van der Waals surface area contributed by atoms with E-state index in [1.807, 2.05) is 6.92 Å². The van der Waals surface area contributed by atoms with Gasteiger partial charge < -0.3 is 14.7 Å². The zero-order valence-corrected chi connectivity index (χ0v) is 26.6. The molecule has 1 N–H and O–H groups in total. The molecule has 0 radical (unpaired) electrons. The Balaban J connectivity index is 1.67. The number of benzene rings is 2. The van der Waals surface area contributed by atoms with E-state index >= 15 is 4.39 Å². The van der Waals surface area contributed by atoms with Crippen molar-refractivity contribution in [2.24, 2.45) is 17.3 Å². The third-order valence-electron chi connectivity index (χ3n) is 10.3. The van der Waals surface area contributed by atoms with Crippen LogP contribution >= 0.6 is 0 Å². The summed E-state index contributed by atoms with van der Waals surface area (Å²) in [5.74, 6) is -4.11. The number of amides is 1. The normalized spacial score (nSPS) is 28.0. The van der Waals surface area contributed by atoms with Crippen LogP contribution in [0, 0.1) is 23.1 Å². The van der Waals surface area contributed by atoms with Gasteiger partial charge in [0.2, 0.25) is 5.91 Å². The smallest absolute Gasteiger partial charge is 0.435 e. The van der Waals surface area contributed by atoms with Gasteiger partial charge in [0.1, 0.15) is 22.9 Å². The molecule has 264 valence electrons. The summed E-state index contributed by atoms with van der Waals surface area (Å²) in [6.45, 7) is 2.65. The van der Waals surface area contributed by atoms with E-state index < -0.39 is 96.4 Å². The molecule has 2 aromatic carbocycles. The number of nitrogens with zero attached hydrogens (tertiary/aromatic N) is 1. The number of carboxylic acids is 1. The average molecular weight is 712 g/mol. The third-order valence-corrected chi connectivity index (χ3v) is 12.9. The Morgan fingerprint density at radius 1 is 1.00 bits per heavy atom. The van der Waals surface area contributed by atoms with Crippen molar-refractivity contribution in [2.75, 3.05) is 13.2 Å². The molecular weight excluding hydrogens is 678 g/mol. The first-order chi connectivity index (χ1) is 22.2. The topological polar surface area (TPSA) is 101 Å². The van der Waals surface area contributed by atoms with Crippen molar-refractivity contribution < 1.29 is 63.0 Å². The number of fused-ring (bicyclic) bond motifs is 3. The molecule has 16 heteroatoms. The number of rotatable bonds is 7. The fourth-order valence-electron chi connectivity index (χ4n) is 8.04. The zero-order valence-electron chi connectivity index (χ0n) is 25.8. The van der Waals surface area contributed by atoms with Crippen molar-refractivity contribution in [3.8, 4) is 5.75 Å². The summed E-state index contributed by atoms with van der Waals surface area (Å²) in [6.07, 6.45) is -11.8. The monoisotopic (exact) mass is 711 g/mol. The Labute approximate surface area is 271 Å². The van der Waals surface area contributed by atoms with E-state index in [0.29, 0.717) is 18.9 Å². The molecule has 5 rings (SSSR count). The van der Waals surface area contributed by atoms with Gasteiger partial charge in [-0.2, -0.15) is 26.3 Å². The largest absolute Gasteiger partial charge is 0.491 e.